The average molecular weight is 381 g/mol. The Labute approximate surface area is 161 Å². The lowest BCUT2D eigenvalue weighted by Crippen LogP contribution is -2.25. The first-order chi connectivity index (χ1) is 13.7. The molecule has 0 aliphatic carbocycles. The van der Waals surface area contributed by atoms with E-state index in [-0.39, 0.29) is 11.8 Å². The van der Waals surface area contributed by atoms with Gasteiger partial charge in [0.2, 0.25) is 11.7 Å². The molecule has 5 rings (SSSR count). The van der Waals surface area contributed by atoms with Crippen molar-refractivity contribution in [2.75, 3.05) is 25.6 Å². The van der Waals surface area contributed by atoms with E-state index < -0.39 is 0 Å². The summed E-state index contributed by atoms with van der Waals surface area (Å²) in [5.74, 6) is 3.08. The Bertz CT molecular complexity index is 1010. The van der Waals surface area contributed by atoms with Crippen LogP contribution in [0.5, 0.6) is 17.2 Å². The minimum Gasteiger partial charge on any atom is -0.493 e. The fourth-order valence-corrected chi connectivity index (χ4v) is 3.73. The van der Waals surface area contributed by atoms with Gasteiger partial charge in [-0.3, -0.25) is 4.79 Å². The average Bonchev–Trinajstić information content (AvgIpc) is 3.37. The minimum atomic E-state index is -0.154. The molecule has 1 N–H and O–H groups in total. The van der Waals surface area contributed by atoms with E-state index in [0.717, 1.165) is 16.9 Å². The molecule has 8 nitrogen and oxygen atoms in total. The van der Waals surface area contributed by atoms with Crippen LogP contribution in [0.15, 0.2) is 41.1 Å². The molecule has 0 saturated carbocycles. The maximum absolute atomic E-state index is 12.4. The normalized spacial score (nSPS) is 17.8. The molecule has 0 radical (unpaired) electrons. The summed E-state index contributed by atoms with van der Waals surface area (Å²) in [5, 5.41) is 7.41. The number of nitrogens with one attached hydrogen (secondary N) is 1. The topological polar surface area (TPSA) is 87.8 Å². The number of hydrogen-bond donors (Lipinski definition) is 1. The molecule has 0 saturated heterocycles. The van der Waals surface area contributed by atoms with Crippen LogP contribution in [0, 0.1) is 0 Å². The van der Waals surface area contributed by atoms with E-state index >= 15 is 0 Å². The van der Waals surface area contributed by atoms with Crippen molar-refractivity contribution in [3.05, 3.63) is 53.6 Å². The van der Waals surface area contributed by atoms with E-state index in [2.05, 4.69) is 10.4 Å². The van der Waals surface area contributed by atoms with Crippen molar-refractivity contribution < 1.29 is 23.4 Å². The van der Waals surface area contributed by atoms with Crippen LogP contribution in [-0.4, -0.2) is 36.0 Å². The third-order valence-electron chi connectivity index (χ3n) is 5.03. The summed E-state index contributed by atoms with van der Waals surface area (Å²) >= 11 is 0. The van der Waals surface area contributed by atoms with Gasteiger partial charge >= 0.3 is 0 Å². The van der Waals surface area contributed by atoms with Crippen LogP contribution in [0.25, 0.3) is 0 Å². The van der Waals surface area contributed by atoms with Crippen molar-refractivity contribution in [2.45, 2.75) is 18.9 Å². The largest absolute Gasteiger partial charge is 0.493 e. The number of methoxy groups -OCH3 is 1. The fourth-order valence-electron chi connectivity index (χ4n) is 3.73. The van der Waals surface area contributed by atoms with Crippen molar-refractivity contribution in [1.29, 1.82) is 0 Å². The highest BCUT2D eigenvalue weighted by atomic mass is 16.6. The molecule has 0 spiro atoms. The Morgan fingerprint density at radius 2 is 2.21 bits per heavy atom. The smallest absolute Gasteiger partial charge is 0.226 e. The molecular formula is C20H19N3O5. The van der Waals surface area contributed by atoms with Gasteiger partial charge in [0.25, 0.3) is 0 Å². The zero-order valence-corrected chi connectivity index (χ0v) is 15.3. The Balaban J connectivity index is 1.55. The number of rotatable bonds is 4. The number of amides is 1. The third-order valence-corrected chi connectivity index (χ3v) is 5.03. The van der Waals surface area contributed by atoms with Crippen LogP contribution in [0.1, 0.15) is 29.2 Å². The van der Waals surface area contributed by atoms with Gasteiger partial charge in [-0.25, -0.2) is 4.68 Å². The van der Waals surface area contributed by atoms with Gasteiger partial charge in [-0.15, -0.1) is 0 Å². The van der Waals surface area contributed by atoms with Crippen molar-refractivity contribution in [2.24, 2.45) is 0 Å². The predicted octanol–water partition coefficient (Wildman–Crippen LogP) is 2.78. The van der Waals surface area contributed by atoms with Gasteiger partial charge in [0.1, 0.15) is 31.3 Å². The van der Waals surface area contributed by atoms with Gasteiger partial charge in [0.05, 0.1) is 19.6 Å². The zero-order chi connectivity index (χ0) is 19.1. The van der Waals surface area contributed by atoms with Crippen LogP contribution in [0.3, 0.4) is 0 Å². The zero-order valence-electron chi connectivity index (χ0n) is 15.3. The van der Waals surface area contributed by atoms with Crippen LogP contribution < -0.4 is 19.5 Å². The molecule has 3 aromatic rings. The summed E-state index contributed by atoms with van der Waals surface area (Å²) in [4.78, 5) is 12.4. The number of hydrogen-bond acceptors (Lipinski definition) is 6. The second-order valence-electron chi connectivity index (χ2n) is 6.74. The molecular weight excluding hydrogens is 362 g/mol. The number of fused-ring (bicyclic) bond motifs is 2. The summed E-state index contributed by atoms with van der Waals surface area (Å²) < 4.78 is 24.1. The lowest BCUT2D eigenvalue weighted by molar-refractivity contribution is -0.116. The molecule has 0 bridgehead atoms. The van der Waals surface area contributed by atoms with Gasteiger partial charge in [-0.05, 0) is 29.8 Å². The summed E-state index contributed by atoms with van der Waals surface area (Å²) in [6.07, 6.45) is 3.74. The van der Waals surface area contributed by atoms with Crippen LogP contribution in [0.4, 0.5) is 5.82 Å². The molecule has 2 aliphatic rings. The molecule has 1 unspecified atom stereocenters. The van der Waals surface area contributed by atoms with E-state index in [0.29, 0.717) is 49.2 Å². The minimum absolute atomic E-state index is 0.0625. The van der Waals surface area contributed by atoms with Gasteiger partial charge in [-0.2, -0.15) is 5.10 Å². The quantitative estimate of drug-likeness (QED) is 0.748. The lowest BCUT2D eigenvalue weighted by atomic mass is 9.87. The number of ether oxygens (including phenoxy) is 3. The van der Waals surface area contributed by atoms with Crippen LogP contribution >= 0.6 is 0 Å². The van der Waals surface area contributed by atoms with E-state index in [1.54, 1.807) is 24.3 Å². The predicted molar refractivity (Wildman–Crippen MR) is 99.1 cm³/mol. The lowest BCUT2D eigenvalue weighted by Gasteiger charge is -2.26. The summed E-state index contributed by atoms with van der Waals surface area (Å²) in [6.45, 7) is 1.41. The number of furan rings is 1. The maximum Gasteiger partial charge on any atom is 0.226 e. The van der Waals surface area contributed by atoms with E-state index in [1.807, 2.05) is 24.3 Å². The standard InChI is InChI=1S/C20H19N3O5/c1-25-16-7-12(8-17-19(16)28-6-5-27-17)14-9-18(24)22-20-15(14)10-21-23(20)11-13-3-2-4-26-13/h2-4,7-8,10,14H,5-6,9,11H2,1H3,(H,22,24). The van der Waals surface area contributed by atoms with E-state index in [1.165, 1.54) is 0 Å². The highest BCUT2D eigenvalue weighted by Crippen LogP contribution is 2.45. The second kappa shape index (κ2) is 6.63. The molecule has 28 heavy (non-hydrogen) atoms. The first kappa shape index (κ1) is 16.7. The van der Waals surface area contributed by atoms with Crippen molar-refractivity contribution in [3.63, 3.8) is 0 Å². The molecule has 2 aliphatic heterocycles. The highest BCUT2D eigenvalue weighted by molar-refractivity contribution is 5.94. The number of carbonyl (C=O) groups is 1. The van der Waals surface area contributed by atoms with Gasteiger partial charge in [0, 0.05) is 17.9 Å². The van der Waals surface area contributed by atoms with Crippen LogP contribution in [-0.2, 0) is 11.3 Å². The summed E-state index contributed by atoms with van der Waals surface area (Å²) in [5.41, 5.74) is 1.87. The highest BCUT2D eigenvalue weighted by Gasteiger charge is 2.32. The molecule has 4 heterocycles. The number of carbonyl (C=O) groups excluding carboxylic acids is 1. The van der Waals surface area contributed by atoms with E-state index in [9.17, 15) is 4.79 Å². The molecule has 1 atom stereocenters. The maximum atomic E-state index is 12.4. The van der Waals surface area contributed by atoms with Crippen molar-refractivity contribution in [3.8, 4) is 17.2 Å². The van der Waals surface area contributed by atoms with Crippen LogP contribution in [0.2, 0.25) is 0 Å². The SMILES string of the molecule is COc1cc(C2CC(=O)Nc3c2cnn3Cc2ccco2)cc2c1OCCO2. The molecule has 144 valence electrons. The van der Waals surface area contributed by atoms with E-state index in [4.69, 9.17) is 18.6 Å². The molecule has 0 fully saturated rings. The summed E-state index contributed by atoms with van der Waals surface area (Å²) in [6, 6.07) is 7.54. The molecule has 2 aromatic heterocycles. The first-order valence-electron chi connectivity index (χ1n) is 9.08. The molecule has 8 heteroatoms. The Hall–Kier alpha value is -3.42. The number of aromatic nitrogens is 2. The fraction of sp³-hybridized carbons (Fsp3) is 0.300. The monoisotopic (exact) mass is 381 g/mol. The van der Waals surface area contributed by atoms with Crippen molar-refractivity contribution >= 4 is 11.7 Å². The summed E-state index contributed by atoms with van der Waals surface area (Å²) in [7, 11) is 1.59. The number of anilines is 1. The Kier molecular flexibility index (Phi) is 3.96. The Morgan fingerprint density at radius 1 is 1.32 bits per heavy atom. The van der Waals surface area contributed by atoms with Gasteiger partial charge in [0.15, 0.2) is 11.5 Å². The second-order valence-corrected chi connectivity index (χ2v) is 6.74. The Morgan fingerprint density at radius 3 is 3.04 bits per heavy atom. The molecule has 1 amide bonds. The van der Waals surface area contributed by atoms with Gasteiger partial charge in [-0.1, -0.05) is 0 Å². The molecule has 1 aromatic carbocycles. The van der Waals surface area contributed by atoms with Crippen molar-refractivity contribution in [1.82, 2.24) is 9.78 Å². The third kappa shape index (κ3) is 2.77. The number of nitrogens with zero attached hydrogens (tertiary/aromatic N) is 2. The number of benzene rings is 1. The van der Waals surface area contributed by atoms with Gasteiger partial charge < -0.3 is 23.9 Å². The first-order valence-corrected chi connectivity index (χ1v) is 9.08.